The predicted molar refractivity (Wildman–Crippen MR) is 38.6 cm³/mol. The van der Waals surface area contributed by atoms with E-state index < -0.39 is 0 Å². The molecule has 0 heterocycles. The second-order valence-corrected chi connectivity index (χ2v) is 3.51. The van der Waals surface area contributed by atoms with Crippen molar-refractivity contribution in [1.82, 2.24) is 0 Å². The second kappa shape index (κ2) is 2.35. The van der Waals surface area contributed by atoms with Crippen LogP contribution in [0.4, 0.5) is 0 Å². The molecule has 0 saturated heterocycles. The van der Waals surface area contributed by atoms with E-state index in [4.69, 9.17) is 5.11 Å². The van der Waals surface area contributed by atoms with Crippen molar-refractivity contribution in [1.29, 1.82) is 0 Å². The van der Waals surface area contributed by atoms with Crippen molar-refractivity contribution in [3.05, 3.63) is 0 Å². The molecule has 1 aliphatic carbocycles. The van der Waals surface area contributed by atoms with E-state index in [1.54, 1.807) is 6.92 Å². The first-order valence-electron chi connectivity index (χ1n) is 3.74. The molecule has 0 amide bonds. The number of aliphatic hydroxyl groups is 1. The summed E-state index contributed by atoms with van der Waals surface area (Å²) in [6, 6.07) is 0. The van der Waals surface area contributed by atoms with Crippen LogP contribution in [0.15, 0.2) is 0 Å². The smallest absolute Gasteiger partial charge is 0.135 e. The van der Waals surface area contributed by atoms with Crippen LogP contribution >= 0.6 is 0 Å². The monoisotopic (exact) mass is 142 g/mol. The molecule has 0 unspecified atom stereocenters. The normalized spacial score (nSPS) is 40.1. The lowest BCUT2D eigenvalue weighted by Gasteiger charge is -2.18. The summed E-state index contributed by atoms with van der Waals surface area (Å²) >= 11 is 0. The number of carbonyl (C=O) groups excluding carboxylic acids is 1. The Kier molecular flexibility index (Phi) is 1.82. The third-order valence-corrected chi connectivity index (χ3v) is 2.57. The highest BCUT2D eigenvalue weighted by atomic mass is 16.3. The molecule has 1 aliphatic rings. The van der Waals surface area contributed by atoms with Crippen LogP contribution in [0.1, 0.15) is 33.1 Å². The zero-order valence-corrected chi connectivity index (χ0v) is 6.55. The van der Waals surface area contributed by atoms with Gasteiger partial charge in [0.2, 0.25) is 0 Å². The summed E-state index contributed by atoms with van der Waals surface area (Å²) in [7, 11) is 0. The Morgan fingerprint density at radius 3 is 2.50 bits per heavy atom. The summed E-state index contributed by atoms with van der Waals surface area (Å²) in [6.07, 6.45) is 2.05. The summed E-state index contributed by atoms with van der Waals surface area (Å²) in [6.45, 7) is 3.55. The number of rotatable bonds is 1. The molecule has 2 atom stereocenters. The van der Waals surface area contributed by atoms with Crippen molar-refractivity contribution in [3.63, 3.8) is 0 Å². The van der Waals surface area contributed by atoms with Gasteiger partial charge in [0.15, 0.2) is 0 Å². The first kappa shape index (κ1) is 7.73. The lowest BCUT2D eigenvalue weighted by Crippen LogP contribution is -2.22. The fourth-order valence-corrected chi connectivity index (χ4v) is 1.53. The van der Waals surface area contributed by atoms with Gasteiger partial charge >= 0.3 is 0 Å². The third-order valence-electron chi connectivity index (χ3n) is 2.57. The van der Waals surface area contributed by atoms with Crippen molar-refractivity contribution in [2.45, 2.75) is 39.2 Å². The molecule has 0 bridgehead atoms. The molecule has 2 heteroatoms. The molecule has 2 nitrogen and oxygen atoms in total. The Morgan fingerprint density at radius 1 is 1.70 bits per heavy atom. The summed E-state index contributed by atoms with van der Waals surface area (Å²) < 4.78 is 0. The van der Waals surface area contributed by atoms with Crippen LogP contribution in [0.2, 0.25) is 0 Å². The number of ketones is 1. The molecular formula is C8H14O2. The summed E-state index contributed by atoms with van der Waals surface area (Å²) in [5.41, 5.74) is -0.223. The van der Waals surface area contributed by atoms with Crippen LogP contribution in [-0.2, 0) is 4.79 Å². The molecular weight excluding hydrogens is 128 g/mol. The molecule has 0 aliphatic heterocycles. The van der Waals surface area contributed by atoms with Gasteiger partial charge in [-0.3, -0.25) is 4.79 Å². The summed E-state index contributed by atoms with van der Waals surface area (Å²) in [4.78, 5) is 11.0. The van der Waals surface area contributed by atoms with Gasteiger partial charge in [-0.2, -0.15) is 0 Å². The molecule has 0 aromatic carbocycles. The average molecular weight is 142 g/mol. The fraction of sp³-hybridized carbons (Fsp3) is 0.875. The van der Waals surface area contributed by atoms with Crippen LogP contribution in [0, 0.1) is 5.41 Å². The van der Waals surface area contributed by atoms with Gasteiger partial charge in [-0.15, -0.1) is 0 Å². The zero-order valence-electron chi connectivity index (χ0n) is 6.55. The number of hydrogen-bond donors (Lipinski definition) is 1. The van der Waals surface area contributed by atoms with Gasteiger partial charge in [0.1, 0.15) is 5.78 Å². The topological polar surface area (TPSA) is 37.3 Å². The molecule has 1 fully saturated rings. The van der Waals surface area contributed by atoms with Gasteiger partial charge in [0, 0.05) is 5.41 Å². The number of carbonyl (C=O) groups is 1. The first-order valence-corrected chi connectivity index (χ1v) is 3.74. The highest BCUT2D eigenvalue weighted by Crippen LogP contribution is 2.38. The Hall–Kier alpha value is -0.370. The maximum Gasteiger partial charge on any atom is 0.135 e. The lowest BCUT2D eigenvalue weighted by molar-refractivity contribution is -0.125. The molecule has 1 saturated carbocycles. The Labute approximate surface area is 61.2 Å². The van der Waals surface area contributed by atoms with Crippen LogP contribution < -0.4 is 0 Å². The van der Waals surface area contributed by atoms with Gasteiger partial charge in [-0.25, -0.2) is 0 Å². The molecule has 0 spiro atoms. The average Bonchev–Trinajstić information content (AvgIpc) is 2.13. The maximum absolute atomic E-state index is 11.0. The number of Topliss-reactive ketones (excluding diaryl/α,β-unsaturated/α-hetero) is 1. The van der Waals surface area contributed by atoms with Crippen molar-refractivity contribution < 1.29 is 9.90 Å². The van der Waals surface area contributed by atoms with Crippen molar-refractivity contribution in [2.75, 3.05) is 0 Å². The SMILES string of the molecule is CC(=O)[C@]1(C)CC[C@@H](O)C1. The number of hydrogen-bond acceptors (Lipinski definition) is 2. The van der Waals surface area contributed by atoms with Gasteiger partial charge in [0.05, 0.1) is 6.10 Å². The molecule has 10 heavy (non-hydrogen) atoms. The minimum atomic E-state index is -0.242. The van der Waals surface area contributed by atoms with Crippen LogP contribution in [-0.4, -0.2) is 17.0 Å². The molecule has 0 radical (unpaired) electrons. The van der Waals surface area contributed by atoms with Gasteiger partial charge in [-0.1, -0.05) is 6.92 Å². The summed E-state index contributed by atoms with van der Waals surface area (Å²) in [5, 5.41) is 9.16. The van der Waals surface area contributed by atoms with Crippen molar-refractivity contribution in [2.24, 2.45) is 5.41 Å². The van der Waals surface area contributed by atoms with Crippen molar-refractivity contribution in [3.8, 4) is 0 Å². The van der Waals surface area contributed by atoms with Crippen LogP contribution in [0.5, 0.6) is 0 Å². The van der Waals surface area contributed by atoms with Crippen LogP contribution in [0.3, 0.4) is 0 Å². The van der Waals surface area contributed by atoms with E-state index in [1.807, 2.05) is 6.92 Å². The van der Waals surface area contributed by atoms with Gasteiger partial charge < -0.3 is 5.11 Å². The van der Waals surface area contributed by atoms with Crippen LogP contribution in [0.25, 0.3) is 0 Å². The highest BCUT2D eigenvalue weighted by Gasteiger charge is 2.37. The largest absolute Gasteiger partial charge is 0.393 e. The van der Waals surface area contributed by atoms with Crippen molar-refractivity contribution >= 4 is 5.78 Å². The van der Waals surface area contributed by atoms with Gasteiger partial charge in [0.25, 0.3) is 0 Å². The van der Waals surface area contributed by atoms with E-state index in [9.17, 15) is 4.79 Å². The van der Waals surface area contributed by atoms with E-state index in [-0.39, 0.29) is 17.3 Å². The van der Waals surface area contributed by atoms with E-state index in [0.29, 0.717) is 6.42 Å². The third kappa shape index (κ3) is 1.21. The lowest BCUT2D eigenvalue weighted by atomic mass is 9.85. The summed E-state index contributed by atoms with van der Waals surface area (Å²) in [5.74, 6) is 0.212. The highest BCUT2D eigenvalue weighted by molar-refractivity contribution is 5.82. The van der Waals surface area contributed by atoms with E-state index in [0.717, 1.165) is 12.8 Å². The molecule has 1 N–H and O–H groups in total. The first-order chi connectivity index (χ1) is 4.54. The van der Waals surface area contributed by atoms with E-state index in [2.05, 4.69) is 0 Å². The predicted octanol–water partition coefficient (Wildman–Crippen LogP) is 1.13. The number of aliphatic hydroxyl groups excluding tert-OH is 1. The minimum absolute atomic E-state index is 0.212. The molecule has 0 aromatic rings. The molecule has 1 rings (SSSR count). The Balaban J connectivity index is 2.63. The fourth-order valence-electron chi connectivity index (χ4n) is 1.53. The zero-order chi connectivity index (χ0) is 7.78. The van der Waals surface area contributed by atoms with E-state index >= 15 is 0 Å². The quantitative estimate of drug-likeness (QED) is 0.595. The molecule has 58 valence electrons. The maximum atomic E-state index is 11.0. The van der Waals surface area contributed by atoms with E-state index in [1.165, 1.54) is 0 Å². The van der Waals surface area contributed by atoms with Gasteiger partial charge in [-0.05, 0) is 26.2 Å². The Bertz CT molecular complexity index is 153. The minimum Gasteiger partial charge on any atom is -0.393 e. The standard InChI is InChI=1S/C8H14O2/c1-6(9)8(2)4-3-7(10)5-8/h7,10H,3-5H2,1-2H3/t7-,8-/m1/s1. The Morgan fingerprint density at radius 2 is 2.30 bits per heavy atom. The molecule has 0 aromatic heterocycles. The second-order valence-electron chi connectivity index (χ2n) is 3.51.